The number of nitrogens with one attached hydrogen (secondary N) is 1. The molecule has 8 nitrogen and oxygen atoms in total. The van der Waals surface area contributed by atoms with E-state index in [1.54, 1.807) is 16.8 Å². The Labute approximate surface area is 207 Å². The van der Waals surface area contributed by atoms with Crippen molar-refractivity contribution in [2.75, 3.05) is 46.3 Å². The first-order chi connectivity index (χ1) is 17.2. The highest BCUT2D eigenvalue weighted by molar-refractivity contribution is 5.61. The highest BCUT2D eigenvalue weighted by atomic mass is 19.4. The minimum Gasteiger partial charge on any atom is -0.311 e. The van der Waals surface area contributed by atoms with Crippen molar-refractivity contribution in [2.24, 2.45) is 0 Å². The third-order valence-corrected chi connectivity index (χ3v) is 6.33. The van der Waals surface area contributed by atoms with Gasteiger partial charge in [-0.1, -0.05) is 12.1 Å². The lowest BCUT2D eigenvalue weighted by Crippen LogP contribution is -2.45. The van der Waals surface area contributed by atoms with Gasteiger partial charge in [0.15, 0.2) is 0 Å². The number of piperazine rings is 1. The molecule has 1 fully saturated rings. The predicted molar refractivity (Wildman–Crippen MR) is 131 cm³/mol. The molecular weight excluding hydrogens is 473 g/mol. The van der Waals surface area contributed by atoms with Gasteiger partial charge in [-0.25, -0.2) is 4.68 Å². The molecule has 192 valence electrons. The number of nitrogens with zero attached hydrogens (tertiary/aromatic N) is 5. The van der Waals surface area contributed by atoms with Gasteiger partial charge in [-0.3, -0.25) is 10.1 Å². The number of halogens is 3. The fourth-order valence-electron chi connectivity index (χ4n) is 4.17. The molecule has 11 heteroatoms. The summed E-state index contributed by atoms with van der Waals surface area (Å²) in [5.41, 5.74) is 1.77. The summed E-state index contributed by atoms with van der Waals surface area (Å²) in [6.07, 6.45) is -3.42. The van der Waals surface area contributed by atoms with Crippen molar-refractivity contribution in [3.63, 3.8) is 0 Å². The quantitative estimate of drug-likeness (QED) is 0.269. The Kier molecular flexibility index (Phi) is 8.02. The van der Waals surface area contributed by atoms with Crippen LogP contribution in [-0.2, 0) is 12.7 Å². The van der Waals surface area contributed by atoms with E-state index in [0.717, 1.165) is 63.5 Å². The maximum Gasteiger partial charge on any atom is 0.416 e. The minimum absolute atomic E-state index is 0.0301. The lowest BCUT2D eigenvalue weighted by molar-refractivity contribution is -0.384. The van der Waals surface area contributed by atoms with Gasteiger partial charge in [0.25, 0.3) is 5.69 Å². The summed E-state index contributed by atoms with van der Waals surface area (Å²) in [4.78, 5) is 15.3. The first kappa shape index (κ1) is 25.8. The Morgan fingerprint density at radius 3 is 2.31 bits per heavy atom. The first-order valence-corrected chi connectivity index (χ1v) is 11.8. The molecule has 0 unspecified atom stereocenters. The van der Waals surface area contributed by atoms with Crippen LogP contribution in [0.4, 0.5) is 18.9 Å². The van der Waals surface area contributed by atoms with Crippen LogP contribution in [0, 0.1) is 10.1 Å². The van der Waals surface area contributed by atoms with Crippen molar-refractivity contribution in [1.29, 1.82) is 0 Å². The minimum atomic E-state index is -4.41. The number of hydrogen-bond donors (Lipinski definition) is 1. The molecule has 3 aromatic rings. The summed E-state index contributed by atoms with van der Waals surface area (Å²) in [5, 5.41) is 19.1. The largest absolute Gasteiger partial charge is 0.416 e. The average Bonchev–Trinajstić information content (AvgIpc) is 3.29. The number of alkyl halides is 3. The number of likely N-dealkylation sites (N-methyl/N-ethyl adjacent to an activating group) is 1. The zero-order valence-electron chi connectivity index (χ0n) is 20.0. The Morgan fingerprint density at radius 1 is 1.03 bits per heavy atom. The van der Waals surface area contributed by atoms with Gasteiger partial charge < -0.3 is 15.1 Å². The summed E-state index contributed by atoms with van der Waals surface area (Å²) in [7, 11) is 2.13. The summed E-state index contributed by atoms with van der Waals surface area (Å²) >= 11 is 0. The summed E-state index contributed by atoms with van der Waals surface area (Å²) in [6.45, 7) is 6.60. The van der Waals surface area contributed by atoms with E-state index < -0.39 is 16.7 Å². The highest BCUT2D eigenvalue weighted by Crippen LogP contribution is 2.31. The molecule has 0 radical (unpaired) electrons. The van der Waals surface area contributed by atoms with Crippen LogP contribution >= 0.6 is 0 Å². The Hall–Kier alpha value is -3.28. The number of rotatable bonds is 9. The fraction of sp³-hybridized carbons (Fsp3) is 0.400. The molecule has 1 saturated heterocycles. The Bertz CT molecular complexity index is 1150. The lowest BCUT2D eigenvalue weighted by atomic mass is 10.1. The highest BCUT2D eigenvalue weighted by Gasteiger charge is 2.30. The van der Waals surface area contributed by atoms with Crippen LogP contribution in [0.15, 0.2) is 54.6 Å². The number of hydrogen-bond acceptors (Lipinski definition) is 6. The monoisotopic (exact) mass is 502 g/mol. The summed E-state index contributed by atoms with van der Waals surface area (Å²) < 4.78 is 40.5. The topological polar surface area (TPSA) is 79.5 Å². The van der Waals surface area contributed by atoms with Crippen molar-refractivity contribution < 1.29 is 18.1 Å². The third kappa shape index (κ3) is 6.48. The summed E-state index contributed by atoms with van der Waals surface area (Å²) in [6, 6.07) is 12.7. The fourth-order valence-corrected chi connectivity index (χ4v) is 4.17. The van der Waals surface area contributed by atoms with Crippen molar-refractivity contribution in [2.45, 2.75) is 19.1 Å². The second-order valence-electron chi connectivity index (χ2n) is 8.96. The number of benzene rings is 2. The van der Waals surface area contributed by atoms with Crippen LogP contribution in [0.1, 0.15) is 17.7 Å². The molecule has 4 rings (SSSR count). The molecule has 1 aromatic heterocycles. The number of nitro groups is 1. The molecule has 2 aromatic carbocycles. The van der Waals surface area contributed by atoms with E-state index in [2.05, 4.69) is 27.3 Å². The van der Waals surface area contributed by atoms with Crippen LogP contribution < -0.4 is 5.32 Å². The number of nitro benzene ring substituents is 1. The molecular formula is C25H29F3N6O2. The average molecular weight is 503 g/mol. The Balaban J connectivity index is 1.47. The molecule has 2 heterocycles. The molecule has 36 heavy (non-hydrogen) atoms. The number of aromatic nitrogens is 2. The molecule has 0 saturated carbocycles. The first-order valence-electron chi connectivity index (χ1n) is 11.8. The van der Waals surface area contributed by atoms with Crippen molar-refractivity contribution in [3.05, 3.63) is 76.0 Å². The Morgan fingerprint density at radius 2 is 1.69 bits per heavy atom. The zero-order chi connectivity index (χ0) is 25.7. The van der Waals surface area contributed by atoms with Gasteiger partial charge in [0.05, 0.1) is 27.6 Å². The summed E-state index contributed by atoms with van der Waals surface area (Å²) in [5.74, 6) is 0. The zero-order valence-corrected chi connectivity index (χ0v) is 20.0. The molecule has 0 spiro atoms. The van der Waals surface area contributed by atoms with Gasteiger partial charge in [-0.15, -0.1) is 0 Å². The van der Waals surface area contributed by atoms with Gasteiger partial charge in [-0.2, -0.15) is 18.3 Å². The molecule has 0 aliphatic carbocycles. The molecule has 1 aliphatic heterocycles. The standard InChI is InChI=1S/C25H29F3N6O2/c1-31-13-15-32(16-14-31)12-2-11-29-18-23-17-24(19-3-5-20(6-4-19)25(26,27)28)30-33(23)21-7-9-22(10-8-21)34(35)36/h3-10,17,29H,2,11-16,18H2,1H3. The third-order valence-electron chi connectivity index (χ3n) is 6.33. The normalized spacial score (nSPS) is 15.3. The van der Waals surface area contributed by atoms with Crippen LogP contribution in [0.2, 0.25) is 0 Å². The predicted octanol–water partition coefficient (Wildman–Crippen LogP) is 4.19. The maximum absolute atomic E-state index is 13.0. The molecule has 0 atom stereocenters. The van der Waals surface area contributed by atoms with E-state index in [-0.39, 0.29) is 5.69 Å². The molecule has 0 bridgehead atoms. The van der Waals surface area contributed by atoms with Crippen LogP contribution in [0.5, 0.6) is 0 Å². The van der Waals surface area contributed by atoms with Gasteiger partial charge in [0, 0.05) is 50.4 Å². The smallest absolute Gasteiger partial charge is 0.311 e. The van der Waals surface area contributed by atoms with E-state index >= 15 is 0 Å². The lowest BCUT2D eigenvalue weighted by Gasteiger charge is -2.32. The maximum atomic E-state index is 13.0. The van der Waals surface area contributed by atoms with Crippen LogP contribution in [0.3, 0.4) is 0 Å². The van der Waals surface area contributed by atoms with E-state index in [9.17, 15) is 23.3 Å². The van der Waals surface area contributed by atoms with Gasteiger partial charge in [0.1, 0.15) is 0 Å². The number of non-ortho nitro benzene ring substituents is 1. The van der Waals surface area contributed by atoms with Gasteiger partial charge in [-0.05, 0) is 56.9 Å². The molecule has 1 aliphatic rings. The second-order valence-corrected chi connectivity index (χ2v) is 8.96. The van der Waals surface area contributed by atoms with Crippen LogP contribution in [0.25, 0.3) is 16.9 Å². The molecule has 1 N–H and O–H groups in total. The van der Waals surface area contributed by atoms with E-state index in [1.807, 2.05) is 6.07 Å². The van der Waals surface area contributed by atoms with Crippen molar-refractivity contribution in [1.82, 2.24) is 24.9 Å². The van der Waals surface area contributed by atoms with Crippen molar-refractivity contribution >= 4 is 5.69 Å². The van der Waals surface area contributed by atoms with Crippen LogP contribution in [-0.4, -0.2) is 70.8 Å². The van der Waals surface area contributed by atoms with Gasteiger partial charge in [0.2, 0.25) is 0 Å². The molecule has 0 amide bonds. The van der Waals surface area contributed by atoms with E-state index in [1.165, 1.54) is 24.3 Å². The SMILES string of the molecule is CN1CCN(CCCNCc2cc(-c3ccc(C(F)(F)F)cc3)nn2-c2ccc([N+](=O)[O-])cc2)CC1. The second kappa shape index (κ2) is 11.2. The van der Waals surface area contributed by atoms with E-state index in [4.69, 9.17) is 0 Å². The van der Waals surface area contributed by atoms with Crippen molar-refractivity contribution in [3.8, 4) is 16.9 Å². The van der Waals surface area contributed by atoms with E-state index in [0.29, 0.717) is 23.5 Å². The van der Waals surface area contributed by atoms with Gasteiger partial charge >= 0.3 is 6.18 Å².